The Morgan fingerprint density at radius 2 is 1.85 bits per heavy atom. The van der Waals surface area contributed by atoms with Gasteiger partial charge in [-0.3, -0.25) is 0 Å². The fourth-order valence-corrected chi connectivity index (χ4v) is 4.49. The maximum Gasteiger partial charge on any atom is 0.337 e. The second kappa shape index (κ2) is 8.43. The third-order valence-corrected chi connectivity index (χ3v) is 6.02. The number of fused-ring (bicyclic) bond motifs is 3. The Morgan fingerprint density at radius 3 is 2.64 bits per heavy atom. The predicted octanol–water partition coefficient (Wildman–Crippen LogP) is 5.27. The average molecular weight is 443 g/mol. The Bertz CT molecular complexity index is 1350. The molecule has 0 aliphatic carbocycles. The monoisotopic (exact) mass is 443 g/mol. The van der Waals surface area contributed by atoms with Gasteiger partial charge in [-0.25, -0.2) is 14.0 Å². The minimum Gasteiger partial charge on any atom is -0.465 e. The van der Waals surface area contributed by atoms with E-state index in [1.165, 1.54) is 19.2 Å². The van der Waals surface area contributed by atoms with Gasteiger partial charge in [0.25, 0.3) is 0 Å². The maximum atomic E-state index is 13.7. The molecule has 3 aromatic carbocycles. The van der Waals surface area contributed by atoms with Crippen LogP contribution in [0.5, 0.6) is 0 Å². The summed E-state index contributed by atoms with van der Waals surface area (Å²) in [6.07, 6.45) is 0.687. The Labute approximate surface area is 190 Å². The molecule has 5 rings (SSSR count). The first-order chi connectivity index (χ1) is 16.0. The topological polar surface area (TPSA) is 74.4 Å². The van der Waals surface area contributed by atoms with Gasteiger partial charge in [-0.1, -0.05) is 36.4 Å². The SMILES string of the molecule is COC(=O)c1cccc(NC(=O)N2CCc3c([nH]c4ccccc34)[C@@H]2c2ccc(F)cc2)c1. The van der Waals surface area contributed by atoms with E-state index >= 15 is 0 Å². The zero-order valence-electron chi connectivity index (χ0n) is 18.0. The number of aromatic nitrogens is 1. The van der Waals surface area contributed by atoms with Crippen LogP contribution >= 0.6 is 0 Å². The normalized spacial score (nSPS) is 15.2. The minimum atomic E-state index is -0.476. The first-order valence-electron chi connectivity index (χ1n) is 10.7. The van der Waals surface area contributed by atoms with Crippen molar-refractivity contribution >= 4 is 28.6 Å². The van der Waals surface area contributed by atoms with E-state index in [2.05, 4.69) is 16.4 Å². The molecule has 2 heterocycles. The molecule has 166 valence electrons. The predicted molar refractivity (Wildman–Crippen MR) is 124 cm³/mol. The van der Waals surface area contributed by atoms with Gasteiger partial charge in [-0.05, 0) is 53.9 Å². The number of para-hydroxylation sites is 1. The number of urea groups is 1. The lowest BCUT2D eigenvalue weighted by molar-refractivity contribution is 0.0600. The first-order valence-corrected chi connectivity index (χ1v) is 10.7. The van der Waals surface area contributed by atoms with Gasteiger partial charge in [0.2, 0.25) is 0 Å². The maximum absolute atomic E-state index is 13.7. The molecule has 33 heavy (non-hydrogen) atoms. The van der Waals surface area contributed by atoms with Gasteiger partial charge in [-0.2, -0.15) is 0 Å². The highest BCUT2D eigenvalue weighted by atomic mass is 19.1. The van der Waals surface area contributed by atoms with Crippen LogP contribution in [0.2, 0.25) is 0 Å². The van der Waals surface area contributed by atoms with E-state index < -0.39 is 12.0 Å². The van der Waals surface area contributed by atoms with Crippen LogP contribution in [-0.2, 0) is 11.2 Å². The number of carbonyl (C=O) groups is 2. The Hall–Kier alpha value is -4.13. The highest BCUT2D eigenvalue weighted by molar-refractivity contribution is 5.94. The number of H-pyrrole nitrogens is 1. The number of anilines is 1. The fraction of sp³-hybridized carbons (Fsp3) is 0.154. The van der Waals surface area contributed by atoms with Crippen molar-refractivity contribution in [1.82, 2.24) is 9.88 Å². The van der Waals surface area contributed by atoms with Crippen LogP contribution in [0.1, 0.15) is 33.2 Å². The lowest BCUT2D eigenvalue weighted by Gasteiger charge is -2.36. The molecule has 0 spiro atoms. The van der Waals surface area contributed by atoms with Crippen LogP contribution < -0.4 is 5.32 Å². The van der Waals surface area contributed by atoms with Crippen LogP contribution in [0.25, 0.3) is 10.9 Å². The van der Waals surface area contributed by atoms with E-state index in [-0.39, 0.29) is 11.8 Å². The number of rotatable bonds is 3. The van der Waals surface area contributed by atoms with Crippen LogP contribution in [0, 0.1) is 5.82 Å². The summed E-state index contributed by atoms with van der Waals surface area (Å²) >= 11 is 0. The number of ether oxygens (including phenoxy) is 1. The molecular formula is C26H22FN3O3. The third kappa shape index (κ3) is 3.82. The van der Waals surface area contributed by atoms with Crippen molar-refractivity contribution in [2.45, 2.75) is 12.5 Å². The molecular weight excluding hydrogens is 421 g/mol. The summed E-state index contributed by atoms with van der Waals surface area (Å²) in [6.45, 7) is 0.486. The number of halogens is 1. The van der Waals surface area contributed by atoms with Crippen molar-refractivity contribution in [2.75, 3.05) is 19.0 Å². The number of carbonyl (C=O) groups excluding carboxylic acids is 2. The number of benzene rings is 3. The largest absolute Gasteiger partial charge is 0.465 e. The highest BCUT2D eigenvalue weighted by Crippen LogP contribution is 2.38. The Morgan fingerprint density at radius 1 is 1.06 bits per heavy atom. The standard InChI is InChI=1S/C26H22FN3O3/c1-33-25(31)17-5-4-6-19(15-17)28-26(32)30-14-13-21-20-7-2-3-8-22(20)29-23(21)24(30)16-9-11-18(27)12-10-16/h2-12,15,24,29H,13-14H2,1H3,(H,28,32)/t24-/m0/s1. The minimum absolute atomic E-state index is 0.310. The molecule has 2 amide bonds. The molecule has 0 radical (unpaired) electrons. The van der Waals surface area contributed by atoms with Gasteiger partial charge in [-0.15, -0.1) is 0 Å². The molecule has 0 unspecified atom stereocenters. The molecule has 0 saturated heterocycles. The van der Waals surface area contributed by atoms with E-state index in [0.29, 0.717) is 24.2 Å². The zero-order chi connectivity index (χ0) is 22.9. The van der Waals surface area contributed by atoms with Gasteiger partial charge in [0.15, 0.2) is 0 Å². The third-order valence-electron chi connectivity index (χ3n) is 6.02. The molecule has 1 atom stereocenters. The van der Waals surface area contributed by atoms with Crippen molar-refractivity contribution in [2.24, 2.45) is 0 Å². The van der Waals surface area contributed by atoms with E-state index in [4.69, 9.17) is 4.74 Å². The summed E-state index contributed by atoms with van der Waals surface area (Å²) in [5, 5.41) is 4.03. The fourth-order valence-electron chi connectivity index (χ4n) is 4.49. The summed E-state index contributed by atoms with van der Waals surface area (Å²) in [5.41, 5.74) is 4.74. The quantitative estimate of drug-likeness (QED) is 0.424. The molecule has 1 aliphatic rings. The van der Waals surface area contributed by atoms with Gasteiger partial charge in [0, 0.05) is 28.8 Å². The summed E-state index contributed by atoms with van der Waals surface area (Å²) < 4.78 is 18.4. The number of methoxy groups -OCH3 is 1. The van der Waals surface area contributed by atoms with E-state index in [0.717, 1.165) is 27.7 Å². The molecule has 1 aliphatic heterocycles. The second-order valence-corrected chi connectivity index (χ2v) is 7.96. The van der Waals surface area contributed by atoms with Crippen LogP contribution in [0.15, 0.2) is 72.8 Å². The lowest BCUT2D eigenvalue weighted by atomic mass is 9.92. The number of hydrogen-bond acceptors (Lipinski definition) is 3. The molecule has 0 bridgehead atoms. The number of hydrogen-bond donors (Lipinski definition) is 2. The van der Waals surface area contributed by atoms with Crippen molar-refractivity contribution in [3.05, 3.63) is 101 Å². The Kier molecular flexibility index (Phi) is 5.30. The van der Waals surface area contributed by atoms with Crippen molar-refractivity contribution in [3.8, 4) is 0 Å². The summed E-state index contributed by atoms with van der Waals surface area (Å²) in [6, 6.07) is 20.2. The molecule has 6 nitrogen and oxygen atoms in total. The molecule has 0 saturated carbocycles. The van der Waals surface area contributed by atoms with Gasteiger partial charge in [0.05, 0.1) is 18.7 Å². The second-order valence-electron chi connectivity index (χ2n) is 7.96. The van der Waals surface area contributed by atoms with E-state index in [1.54, 1.807) is 41.3 Å². The molecule has 0 fully saturated rings. The van der Waals surface area contributed by atoms with Crippen molar-refractivity contribution < 1.29 is 18.7 Å². The number of nitrogens with one attached hydrogen (secondary N) is 2. The number of nitrogens with zero attached hydrogens (tertiary/aromatic N) is 1. The molecule has 2 N–H and O–H groups in total. The summed E-state index contributed by atoms with van der Waals surface area (Å²) in [5.74, 6) is -0.807. The highest BCUT2D eigenvalue weighted by Gasteiger charge is 2.34. The first kappa shape index (κ1) is 20.8. The van der Waals surface area contributed by atoms with E-state index in [9.17, 15) is 14.0 Å². The smallest absolute Gasteiger partial charge is 0.337 e. The molecule has 1 aromatic heterocycles. The van der Waals surface area contributed by atoms with Crippen molar-refractivity contribution in [1.29, 1.82) is 0 Å². The number of esters is 1. The van der Waals surface area contributed by atoms with E-state index in [1.807, 2.05) is 18.2 Å². The van der Waals surface area contributed by atoms with Gasteiger partial charge in [0.1, 0.15) is 5.82 Å². The van der Waals surface area contributed by atoms with Crippen LogP contribution in [0.3, 0.4) is 0 Å². The number of aromatic amines is 1. The van der Waals surface area contributed by atoms with Crippen LogP contribution in [-0.4, -0.2) is 35.5 Å². The lowest BCUT2D eigenvalue weighted by Crippen LogP contribution is -2.43. The average Bonchev–Trinajstić information content (AvgIpc) is 3.22. The van der Waals surface area contributed by atoms with Gasteiger partial charge < -0.3 is 19.9 Å². The van der Waals surface area contributed by atoms with Crippen molar-refractivity contribution in [3.63, 3.8) is 0 Å². The van der Waals surface area contributed by atoms with Crippen LogP contribution in [0.4, 0.5) is 14.9 Å². The molecule has 7 heteroatoms. The Balaban J connectivity index is 1.52. The summed E-state index contributed by atoms with van der Waals surface area (Å²) in [7, 11) is 1.31. The number of amides is 2. The zero-order valence-corrected chi connectivity index (χ0v) is 18.0. The molecule has 4 aromatic rings. The summed E-state index contributed by atoms with van der Waals surface area (Å²) in [4.78, 5) is 30.5. The van der Waals surface area contributed by atoms with Gasteiger partial charge >= 0.3 is 12.0 Å².